The Labute approximate surface area is 157 Å². The Hall–Kier alpha value is -1.70. The molecule has 1 amide bonds. The van der Waals surface area contributed by atoms with Crippen molar-refractivity contribution in [2.45, 2.75) is 39.7 Å². The Bertz CT molecular complexity index is 676. The highest BCUT2D eigenvalue weighted by atomic mass is 35.5. The van der Waals surface area contributed by atoms with E-state index in [-0.39, 0.29) is 11.9 Å². The van der Waals surface area contributed by atoms with Gasteiger partial charge in [0.05, 0.1) is 6.61 Å². The zero-order valence-corrected chi connectivity index (χ0v) is 16.2. The number of hydrogen-bond acceptors (Lipinski definition) is 6. The lowest BCUT2D eigenvalue weighted by Gasteiger charge is -2.25. The first-order valence-corrected chi connectivity index (χ1v) is 9.39. The molecule has 8 heteroatoms. The number of benzene rings is 1. The molecule has 1 aromatic heterocycles. The summed E-state index contributed by atoms with van der Waals surface area (Å²) in [7, 11) is 0. The fraction of sp³-hybridized carbons (Fsp3) is 0.471. The van der Waals surface area contributed by atoms with Gasteiger partial charge in [0.2, 0.25) is 11.0 Å². The molecule has 136 valence electrons. The number of anilines is 1. The molecule has 0 bridgehead atoms. The van der Waals surface area contributed by atoms with Crippen molar-refractivity contribution in [3.8, 4) is 0 Å². The number of nitrogens with zero attached hydrogens (tertiary/aromatic N) is 3. The first-order valence-electron chi connectivity index (χ1n) is 8.24. The number of carbonyl (C=O) groups excluding carboxylic acids is 1. The molecule has 1 N–H and O–H groups in total. The van der Waals surface area contributed by atoms with Crippen LogP contribution < -0.4 is 10.4 Å². The van der Waals surface area contributed by atoms with E-state index in [1.807, 2.05) is 31.2 Å². The van der Waals surface area contributed by atoms with E-state index in [2.05, 4.69) is 33.6 Å². The van der Waals surface area contributed by atoms with Gasteiger partial charge < -0.3 is 4.90 Å². The predicted molar refractivity (Wildman–Crippen MR) is 101 cm³/mol. The third kappa shape index (κ3) is 6.26. The van der Waals surface area contributed by atoms with Crippen molar-refractivity contribution >= 4 is 34.2 Å². The van der Waals surface area contributed by atoms with E-state index >= 15 is 0 Å². The SMILES string of the molecule is CCONC(=O)CCN(c1nc(Cc2ccc(Cl)cc2)ns1)C(C)C. The van der Waals surface area contributed by atoms with E-state index in [1.54, 1.807) is 0 Å². The van der Waals surface area contributed by atoms with Crippen LogP contribution in [0.15, 0.2) is 24.3 Å². The predicted octanol–water partition coefficient (Wildman–Crippen LogP) is 3.45. The maximum atomic E-state index is 11.7. The molecular formula is C17H23ClN4O2S. The van der Waals surface area contributed by atoms with Gasteiger partial charge in [-0.25, -0.2) is 10.5 Å². The van der Waals surface area contributed by atoms with E-state index in [4.69, 9.17) is 16.4 Å². The number of hydroxylamine groups is 1. The summed E-state index contributed by atoms with van der Waals surface area (Å²) in [4.78, 5) is 23.4. The van der Waals surface area contributed by atoms with E-state index in [1.165, 1.54) is 11.5 Å². The van der Waals surface area contributed by atoms with Gasteiger partial charge in [-0.05, 0) is 38.5 Å². The van der Waals surface area contributed by atoms with Crippen molar-refractivity contribution in [1.29, 1.82) is 0 Å². The van der Waals surface area contributed by atoms with Crippen LogP contribution in [-0.4, -0.2) is 34.5 Å². The first kappa shape index (κ1) is 19.6. The van der Waals surface area contributed by atoms with Crippen molar-refractivity contribution in [2.24, 2.45) is 0 Å². The van der Waals surface area contributed by atoms with Crippen LogP contribution in [0, 0.1) is 0 Å². The van der Waals surface area contributed by atoms with Gasteiger partial charge in [-0.15, -0.1) is 0 Å². The van der Waals surface area contributed by atoms with Gasteiger partial charge in [0.25, 0.3) is 0 Å². The summed E-state index contributed by atoms with van der Waals surface area (Å²) >= 11 is 7.26. The molecule has 0 atom stereocenters. The van der Waals surface area contributed by atoms with Crippen LogP contribution in [0.1, 0.15) is 38.6 Å². The third-order valence-corrected chi connectivity index (χ3v) is 4.56. The number of nitrogens with one attached hydrogen (secondary N) is 1. The van der Waals surface area contributed by atoms with Crippen LogP contribution in [-0.2, 0) is 16.1 Å². The van der Waals surface area contributed by atoms with E-state index < -0.39 is 0 Å². The molecule has 2 aromatic rings. The number of aromatic nitrogens is 2. The lowest BCUT2D eigenvalue weighted by Crippen LogP contribution is -2.35. The lowest BCUT2D eigenvalue weighted by atomic mass is 10.1. The molecule has 0 unspecified atom stereocenters. The second-order valence-corrected chi connectivity index (χ2v) is 6.96. The zero-order chi connectivity index (χ0) is 18.2. The number of halogens is 1. The quantitative estimate of drug-likeness (QED) is 0.673. The van der Waals surface area contributed by atoms with Crippen LogP contribution in [0.3, 0.4) is 0 Å². The Morgan fingerprint density at radius 2 is 2.08 bits per heavy atom. The molecule has 0 aliphatic heterocycles. The van der Waals surface area contributed by atoms with Crippen LogP contribution in [0.2, 0.25) is 5.02 Å². The van der Waals surface area contributed by atoms with E-state index in [9.17, 15) is 4.79 Å². The molecule has 1 aromatic carbocycles. The summed E-state index contributed by atoms with van der Waals surface area (Å²) in [6.45, 7) is 6.97. The van der Waals surface area contributed by atoms with Crippen LogP contribution in [0.4, 0.5) is 5.13 Å². The summed E-state index contributed by atoms with van der Waals surface area (Å²) in [5.74, 6) is 0.630. The van der Waals surface area contributed by atoms with Gasteiger partial charge in [0.1, 0.15) is 5.82 Å². The normalized spacial score (nSPS) is 10.9. The maximum Gasteiger partial charge on any atom is 0.245 e. The van der Waals surface area contributed by atoms with Gasteiger partial charge in [-0.2, -0.15) is 4.37 Å². The molecule has 1 heterocycles. The van der Waals surface area contributed by atoms with Crippen LogP contribution in [0.25, 0.3) is 0 Å². The first-order chi connectivity index (χ1) is 12.0. The number of carbonyl (C=O) groups is 1. The Balaban J connectivity index is 1.98. The molecule has 6 nitrogen and oxygen atoms in total. The van der Waals surface area contributed by atoms with Gasteiger partial charge >= 0.3 is 0 Å². The van der Waals surface area contributed by atoms with Crippen molar-refractivity contribution in [3.63, 3.8) is 0 Å². The Morgan fingerprint density at radius 1 is 1.36 bits per heavy atom. The van der Waals surface area contributed by atoms with Gasteiger partial charge in [0.15, 0.2) is 0 Å². The largest absolute Gasteiger partial charge is 0.344 e. The monoisotopic (exact) mass is 382 g/mol. The molecular weight excluding hydrogens is 360 g/mol. The molecule has 0 saturated heterocycles. The molecule has 0 radical (unpaired) electrons. The summed E-state index contributed by atoms with van der Waals surface area (Å²) in [5.41, 5.74) is 3.52. The minimum absolute atomic E-state index is 0.140. The van der Waals surface area contributed by atoms with Crippen LogP contribution in [0.5, 0.6) is 0 Å². The highest BCUT2D eigenvalue weighted by molar-refractivity contribution is 7.09. The number of amides is 1. The highest BCUT2D eigenvalue weighted by Gasteiger charge is 2.17. The van der Waals surface area contributed by atoms with E-state index in [0.717, 1.165) is 16.5 Å². The molecule has 0 saturated carbocycles. The minimum Gasteiger partial charge on any atom is -0.344 e. The molecule has 2 rings (SSSR count). The minimum atomic E-state index is -0.140. The molecule has 0 aliphatic rings. The van der Waals surface area contributed by atoms with Gasteiger partial charge in [-0.1, -0.05) is 23.7 Å². The maximum absolute atomic E-state index is 11.7. The second-order valence-electron chi connectivity index (χ2n) is 5.79. The van der Waals surface area contributed by atoms with Crippen molar-refractivity contribution in [1.82, 2.24) is 14.8 Å². The average molecular weight is 383 g/mol. The molecule has 0 spiro atoms. The average Bonchev–Trinajstić information content (AvgIpc) is 3.03. The highest BCUT2D eigenvalue weighted by Crippen LogP contribution is 2.22. The fourth-order valence-corrected chi connectivity index (χ4v) is 3.19. The van der Waals surface area contributed by atoms with Crippen molar-refractivity contribution < 1.29 is 9.63 Å². The number of rotatable bonds is 9. The van der Waals surface area contributed by atoms with Crippen molar-refractivity contribution in [3.05, 3.63) is 40.7 Å². The van der Waals surface area contributed by atoms with Gasteiger partial charge in [-0.3, -0.25) is 9.63 Å². The lowest BCUT2D eigenvalue weighted by molar-refractivity contribution is -0.132. The summed E-state index contributed by atoms with van der Waals surface area (Å²) < 4.78 is 4.44. The fourth-order valence-electron chi connectivity index (χ4n) is 2.22. The summed E-state index contributed by atoms with van der Waals surface area (Å²) in [5, 5.41) is 1.54. The molecule has 0 aliphatic carbocycles. The smallest absolute Gasteiger partial charge is 0.245 e. The zero-order valence-electron chi connectivity index (χ0n) is 14.7. The van der Waals surface area contributed by atoms with E-state index in [0.29, 0.717) is 31.0 Å². The van der Waals surface area contributed by atoms with Crippen LogP contribution >= 0.6 is 23.1 Å². The number of hydrogen-bond donors (Lipinski definition) is 1. The third-order valence-electron chi connectivity index (χ3n) is 3.51. The summed E-state index contributed by atoms with van der Waals surface area (Å²) in [6.07, 6.45) is 0.995. The Kier molecular flexibility index (Phi) is 7.61. The van der Waals surface area contributed by atoms with Gasteiger partial charge in [0, 0.05) is 42.0 Å². The Morgan fingerprint density at radius 3 is 2.72 bits per heavy atom. The topological polar surface area (TPSA) is 67.3 Å². The molecule has 0 fully saturated rings. The standard InChI is InChI=1S/C17H23ClN4O2S/c1-4-24-20-16(23)9-10-22(12(2)3)17-19-15(21-25-17)11-13-5-7-14(18)8-6-13/h5-8,12H,4,9-11H2,1-3H3,(H,20,23). The molecule has 25 heavy (non-hydrogen) atoms. The second kappa shape index (κ2) is 9.70. The van der Waals surface area contributed by atoms with Crippen molar-refractivity contribution in [2.75, 3.05) is 18.1 Å². The summed E-state index contributed by atoms with van der Waals surface area (Å²) in [6, 6.07) is 7.89.